The molecule has 6 nitrogen and oxygen atoms in total. The second-order valence-electron chi connectivity index (χ2n) is 17.4. The van der Waals surface area contributed by atoms with Crippen LogP contribution in [0, 0.1) is 0 Å². The molecule has 0 heterocycles. The van der Waals surface area contributed by atoms with E-state index >= 15 is 0 Å². The van der Waals surface area contributed by atoms with Gasteiger partial charge in [0.05, 0.1) is 0 Å². The maximum absolute atomic E-state index is 12.8. The first-order chi connectivity index (χ1) is 31.5. The van der Waals surface area contributed by atoms with E-state index in [1.54, 1.807) is 0 Å². The number of rotatable bonds is 47. The molecule has 0 aliphatic carbocycles. The molecule has 1 atom stereocenters. The summed E-state index contributed by atoms with van der Waals surface area (Å²) in [5, 5.41) is 0. The quantitative estimate of drug-likeness (QED) is 0.0262. The lowest BCUT2D eigenvalue weighted by Crippen LogP contribution is -2.30. The summed E-state index contributed by atoms with van der Waals surface area (Å²) < 4.78 is 16.8. The van der Waals surface area contributed by atoms with E-state index in [9.17, 15) is 14.4 Å². The normalized spacial score (nSPS) is 12.7. The van der Waals surface area contributed by atoms with Gasteiger partial charge in [-0.2, -0.15) is 0 Å². The number of carbonyl (C=O) groups excluding carboxylic acids is 3. The van der Waals surface area contributed by atoms with E-state index in [2.05, 4.69) is 106 Å². The third kappa shape index (κ3) is 49.6. The molecular weight excluding hydrogens is 793 g/mol. The summed E-state index contributed by atoms with van der Waals surface area (Å²) in [5.41, 5.74) is 0. The monoisotopic (exact) mass is 891 g/mol. The fraction of sp³-hybridized carbons (Fsp3) is 0.707. The summed E-state index contributed by atoms with van der Waals surface area (Å²) in [6, 6.07) is 0. The zero-order chi connectivity index (χ0) is 46.5. The molecule has 0 bridgehead atoms. The minimum atomic E-state index is -0.795. The molecule has 0 aromatic heterocycles. The second-order valence-corrected chi connectivity index (χ2v) is 17.4. The van der Waals surface area contributed by atoms with Gasteiger partial charge in [-0.25, -0.2) is 0 Å². The van der Waals surface area contributed by atoms with Crippen LogP contribution in [0.25, 0.3) is 0 Å². The fourth-order valence-electron chi connectivity index (χ4n) is 7.03. The van der Waals surface area contributed by atoms with Crippen molar-refractivity contribution in [3.8, 4) is 0 Å². The van der Waals surface area contributed by atoms with Crippen LogP contribution < -0.4 is 0 Å². The van der Waals surface area contributed by atoms with Gasteiger partial charge in [0.15, 0.2) is 6.10 Å². The molecule has 0 spiro atoms. The van der Waals surface area contributed by atoms with E-state index in [0.717, 1.165) is 135 Å². The van der Waals surface area contributed by atoms with E-state index in [1.807, 2.05) is 0 Å². The van der Waals surface area contributed by atoms with Crippen molar-refractivity contribution < 1.29 is 28.6 Å². The zero-order valence-corrected chi connectivity index (χ0v) is 41.8. The highest BCUT2D eigenvalue weighted by Crippen LogP contribution is 2.13. The molecule has 0 saturated heterocycles. The maximum Gasteiger partial charge on any atom is 0.306 e. The van der Waals surface area contributed by atoms with Gasteiger partial charge in [0.25, 0.3) is 0 Å². The predicted molar refractivity (Wildman–Crippen MR) is 274 cm³/mol. The smallest absolute Gasteiger partial charge is 0.306 e. The standard InChI is InChI=1S/C58H98O6/c1-4-7-10-13-16-19-22-25-27-28-29-30-31-34-36-39-42-45-48-51-57(60)63-54-55(53-62-56(59)50-47-44-41-38-35-32-24-21-18-15-12-9-6-3)64-58(61)52-49-46-43-40-37-33-26-23-20-17-14-11-8-5-2/h12,14-17,19,21,23-27,29-30,55H,4-11,13,18,20,22,28,31-54H2,1-3H3/b15-12-,17-14-,19-16-,24-21-,26-23-,27-25-,30-29-. The van der Waals surface area contributed by atoms with Crippen LogP contribution in [0.5, 0.6) is 0 Å². The molecule has 0 aliphatic heterocycles. The van der Waals surface area contributed by atoms with Crippen LogP contribution in [0.4, 0.5) is 0 Å². The fourth-order valence-corrected chi connectivity index (χ4v) is 7.03. The van der Waals surface area contributed by atoms with Gasteiger partial charge in [-0.05, 0) is 109 Å². The largest absolute Gasteiger partial charge is 0.462 e. The Morgan fingerprint density at radius 3 is 0.984 bits per heavy atom. The highest BCUT2D eigenvalue weighted by atomic mass is 16.6. The van der Waals surface area contributed by atoms with Crippen molar-refractivity contribution >= 4 is 17.9 Å². The van der Waals surface area contributed by atoms with Crippen LogP contribution in [0.3, 0.4) is 0 Å². The number of unbranched alkanes of at least 4 members (excludes halogenated alkanes) is 22. The Kier molecular flexibility index (Phi) is 49.4. The van der Waals surface area contributed by atoms with Gasteiger partial charge in [0.2, 0.25) is 0 Å². The van der Waals surface area contributed by atoms with Gasteiger partial charge in [0.1, 0.15) is 13.2 Å². The minimum absolute atomic E-state index is 0.0944. The third-order valence-corrected chi connectivity index (χ3v) is 11.1. The van der Waals surface area contributed by atoms with Gasteiger partial charge in [-0.1, -0.05) is 202 Å². The Morgan fingerprint density at radius 2 is 0.609 bits per heavy atom. The molecule has 0 rings (SSSR count). The lowest BCUT2D eigenvalue weighted by Gasteiger charge is -2.18. The molecule has 0 fully saturated rings. The first kappa shape index (κ1) is 60.6. The predicted octanol–water partition coefficient (Wildman–Crippen LogP) is 17.6. The van der Waals surface area contributed by atoms with Gasteiger partial charge in [0, 0.05) is 19.3 Å². The zero-order valence-electron chi connectivity index (χ0n) is 41.8. The highest BCUT2D eigenvalue weighted by molar-refractivity contribution is 5.71. The molecule has 0 radical (unpaired) electrons. The van der Waals surface area contributed by atoms with Gasteiger partial charge in [-0.15, -0.1) is 0 Å². The van der Waals surface area contributed by atoms with Gasteiger partial charge < -0.3 is 14.2 Å². The lowest BCUT2D eigenvalue weighted by atomic mass is 10.1. The van der Waals surface area contributed by atoms with Crippen molar-refractivity contribution in [2.75, 3.05) is 13.2 Å². The molecule has 1 unspecified atom stereocenters. The van der Waals surface area contributed by atoms with Crippen molar-refractivity contribution in [3.05, 3.63) is 85.1 Å². The summed E-state index contributed by atoms with van der Waals surface area (Å²) in [6.45, 7) is 6.47. The minimum Gasteiger partial charge on any atom is -0.462 e. The lowest BCUT2D eigenvalue weighted by molar-refractivity contribution is -0.167. The van der Waals surface area contributed by atoms with Crippen molar-refractivity contribution in [2.24, 2.45) is 0 Å². The van der Waals surface area contributed by atoms with Crippen LogP contribution in [0.2, 0.25) is 0 Å². The molecule has 0 saturated carbocycles. The summed E-state index contributed by atoms with van der Waals surface area (Å²) >= 11 is 0. The van der Waals surface area contributed by atoms with Crippen LogP contribution >= 0.6 is 0 Å². The van der Waals surface area contributed by atoms with E-state index < -0.39 is 6.10 Å². The Bertz CT molecular complexity index is 1250. The van der Waals surface area contributed by atoms with Crippen molar-refractivity contribution in [1.82, 2.24) is 0 Å². The van der Waals surface area contributed by atoms with Crippen LogP contribution in [-0.2, 0) is 28.6 Å². The van der Waals surface area contributed by atoms with Crippen LogP contribution in [0.15, 0.2) is 85.1 Å². The number of hydrogen-bond donors (Lipinski definition) is 0. The summed E-state index contributed by atoms with van der Waals surface area (Å²) in [7, 11) is 0. The van der Waals surface area contributed by atoms with Crippen molar-refractivity contribution in [1.29, 1.82) is 0 Å². The maximum atomic E-state index is 12.8. The molecule has 0 amide bonds. The van der Waals surface area contributed by atoms with Gasteiger partial charge in [-0.3, -0.25) is 14.4 Å². The molecule has 0 aromatic carbocycles. The number of hydrogen-bond acceptors (Lipinski definition) is 6. The first-order valence-corrected chi connectivity index (χ1v) is 26.6. The van der Waals surface area contributed by atoms with E-state index in [1.165, 1.54) is 70.6 Å². The third-order valence-electron chi connectivity index (χ3n) is 11.1. The summed E-state index contributed by atoms with van der Waals surface area (Å²) in [6.07, 6.45) is 67.0. The van der Waals surface area contributed by atoms with Crippen molar-refractivity contribution in [2.45, 2.75) is 252 Å². The Hall–Kier alpha value is -3.41. The average Bonchev–Trinajstić information content (AvgIpc) is 3.29. The average molecular weight is 891 g/mol. The number of esters is 3. The summed E-state index contributed by atoms with van der Waals surface area (Å²) in [5.74, 6) is -0.935. The Morgan fingerprint density at radius 1 is 0.312 bits per heavy atom. The molecule has 64 heavy (non-hydrogen) atoms. The number of allylic oxidation sites excluding steroid dienone is 14. The highest BCUT2D eigenvalue weighted by Gasteiger charge is 2.19. The SMILES string of the molecule is CCC/C=C\C/C=C\CCCCCCCC(=O)OCC(COC(=O)CCCCCCCC/C=C\C/C=C\C/C=C\CCCCC)OC(=O)CCCCCCC/C=C\C/C=C\CCCC. The van der Waals surface area contributed by atoms with Crippen LogP contribution in [-0.4, -0.2) is 37.2 Å². The van der Waals surface area contributed by atoms with Crippen molar-refractivity contribution in [3.63, 3.8) is 0 Å². The van der Waals surface area contributed by atoms with E-state index in [4.69, 9.17) is 14.2 Å². The Labute approximate surface area is 395 Å². The number of ether oxygens (including phenoxy) is 3. The van der Waals surface area contributed by atoms with Crippen LogP contribution in [0.1, 0.15) is 245 Å². The Balaban J connectivity index is 4.43. The topological polar surface area (TPSA) is 78.9 Å². The molecule has 0 N–H and O–H groups in total. The molecule has 0 aliphatic rings. The first-order valence-electron chi connectivity index (χ1n) is 26.6. The molecule has 366 valence electrons. The molecular formula is C58H98O6. The van der Waals surface area contributed by atoms with E-state index in [-0.39, 0.29) is 31.1 Å². The molecule has 6 heteroatoms. The number of carbonyl (C=O) groups is 3. The molecule has 0 aromatic rings. The second kappa shape index (κ2) is 52.2. The van der Waals surface area contributed by atoms with Gasteiger partial charge >= 0.3 is 17.9 Å². The van der Waals surface area contributed by atoms with E-state index in [0.29, 0.717) is 19.3 Å². The summed E-state index contributed by atoms with van der Waals surface area (Å²) in [4.78, 5) is 38.0.